The van der Waals surface area contributed by atoms with E-state index >= 15 is 0 Å². The molecule has 3 aromatic rings. The van der Waals surface area contributed by atoms with Gasteiger partial charge in [0.05, 0.1) is 6.26 Å². The van der Waals surface area contributed by atoms with Gasteiger partial charge in [0.1, 0.15) is 5.75 Å². The van der Waals surface area contributed by atoms with Crippen molar-refractivity contribution >= 4 is 0 Å². The molecule has 0 saturated carbocycles. The summed E-state index contributed by atoms with van der Waals surface area (Å²) in [6, 6.07) is 13.0. The molecule has 18 heavy (non-hydrogen) atoms. The minimum atomic E-state index is 0.258. The van der Waals surface area contributed by atoms with Crippen LogP contribution in [-0.2, 0) is 6.61 Å². The summed E-state index contributed by atoms with van der Waals surface area (Å²) >= 11 is 0. The molecule has 0 unspecified atom stereocenters. The molecule has 0 bridgehead atoms. The van der Waals surface area contributed by atoms with Gasteiger partial charge in [-0.2, -0.15) is 4.98 Å². The molecule has 0 saturated heterocycles. The number of furan rings is 1. The molecule has 2 aromatic heterocycles. The number of hydrogen-bond donors (Lipinski definition) is 0. The van der Waals surface area contributed by atoms with Crippen LogP contribution in [0.4, 0.5) is 0 Å². The predicted octanol–water partition coefficient (Wildman–Crippen LogP) is 2.91. The number of hydrogen-bond acceptors (Lipinski definition) is 5. The first kappa shape index (κ1) is 10.6. The van der Waals surface area contributed by atoms with E-state index in [2.05, 4.69) is 10.1 Å². The number of benzene rings is 1. The molecular formula is C13H10N2O3. The van der Waals surface area contributed by atoms with Gasteiger partial charge in [0, 0.05) is 0 Å². The topological polar surface area (TPSA) is 61.3 Å². The van der Waals surface area contributed by atoms with Crippen molar-refractivity contribution in [3.8, 4) is 17.4 Å². The number of rotatable bonds is 4. The Morgan fingerprint density at radius 1 is 1.06 bits per heavy atom. The summed E-state index contributed by atoms with van der Waals surface area (Å²) in [7, 11) is 0. The summed E-state index contributed by atoms with van der Waals surface area (Å²) in [6.45, 7) is 0.258. The molecule has 0 aliphatic heterocycles. The van der Waals surface area contributed by atoms with E-state index in [0.717, 1.165) is 5.75 Å². The van der Waals surface area contributed by atoms with E-state index in [1.807, 2.05) is 30.3 Å². The zero-order valence-corrected chi connectivity index (χ0v) is 9.45. The molecule has 0 amide bonds. The third kappa shape index (κ3) is 2.24. The molecule has 0 fully saturated rings. The van der Waals surface area contributed by atoms with Crippen LogP contribution in [-0.4, -0.2) is 10.1 Å². The molecule has 90 valence electrons. The summed E-state index contributed by atoms with van der Waals surface area (Å²) in [6.07, 6.45) is 1.56. The van der Waals surface area contributed by atoms with Gasteiger partial charge in [-0.15, -0.1) is 0 Å². The second kappa shape index (κ2) is 4.75. The summed E-state index contributed by atoms with van der Waals surface area (Å²) in [5.74, 6) is 2.15. The first-order chi connectivity index (χ1) is 8.92. The molecule has 0 atom stereocenters. The largest absolute Gasteiger partial charge is 0.485 e. The van der Waals surface area contributed by atoms with Crippen molar-refractivity contribution in [3.63, 3.8) is 0 Å². The van der Waals surface area contributed by atoms with E-state index in [1.54, 1.807) is 18.4 Å². The van der Waals surface area contributed by atoms with Crippen LogP contribution in [0.2, 0.25) is 0 Å². The molecular weight excluding hydrogens is 232 g/mol. The van der Waals surface area contributed by atoms with Crippen LogP contribution < -0.4 is 4.74 Å². The zero-order valence-electron chi connectivity index (χ0n) is 9.45. The van der Waals surface area contributed by atoms with Crippen LogP contribution in [0.5, 0.6) is 5.75 Å². The van der Waals surface area contributed by atoms with E-state index in [4.69, 9.17) is 13.7 Å². The fourth-order valence-electron chi connectivity index (χ4n) is 1.48. The van der Waals surface area contributed by atoms with Gasteiger partial charge in [0.15, 0.2) is 12.4 Å². The molecule has 3 rings (SSSR count). The zero-order chi connectivity index (χ0) is 12.2. The maximum Gasteiger partial charge on any atom is 0.293 e. The van der Waals surface area contributed by atoms with E-state index in [-0.39, 0.29) is 6.61 Å². The molecule has 2 heterocycles. The maximum absolute atomic E-state index is 5.51. The summed E-state index contributed by atoms with van der Waals surface area (Å²) in [5, 5.41) is 3.82. The van der Waals surface area contributed by atoms with E-state index in [9.17, 15) is 0 Å². The molecule has 5 heteroatoms. The van der Waals surface area contributed by atoms with Crippen LogP contribution in [0.25, 0.3) is 11.7 Å². The monoisotopic (exact) mass is 242 g/mol. The lowest BCUT2D eigenvalue weighted by molar-refractivity contribution is 0.287. The van der Waals surface area contributed by atoms with Crippen molar-refractivity contribution in [3.05, 3.63) is 54.6 Å². The summed E-state index contributed by atoms with van der Waals surface area (Å²) < 4.78 is 15.7. The highest BCUT2D eigenvalue weighted by molar-refractivity contribution is 5.42. The van der Waals surface area contributed by atoms with Gasteiger partial charge in [-0.1, -0.05) is 23.4 Å². The summed E-state index contributed by atoms with van der Waals surface area (Å²) in [4.78, 5) is 4.17. The van der Waals surface area contributed by atoms with Crippen LogP contribution in [0.3, 0.4) is 0 Å². The second-order valence-electron chi connectivity index (χ2n) is 3.59. The lowest BCUT2D eigenvalue weighted by Gasteiger charge is -2.01. The normalized spacial score (nSPS) is 10.4. The Bertz CT molecular complexity index is 602. The molecule has 5 nitrogen and oxygen atoms in total. The average molecular weight is 242 g/mol. The fourth-order valence-corrected chi connectivity index (χ4v) is 1.48. The van der Waals surface area contributed by atoms with E-state index in [0.29, 0.717) is 17.5 Å². The van der Waals surface area contributed by atoms with Crippen molar-refractivity contribution in [2.75, 3.05) is 0 Å². The van der Waals surface area contributed by atoms with Crippen molar-refractivity contribution in [2.24, 2.45) is 0 Å². The Labute approximate surface area is 103 Å². The third-order valence-electron chi connectivity index (χ3n) is 2.31. The number of aromatic nitrogens is 2. The van der Waals surface area contributed by atoms with Crippen molar-refractivity contribution in [1.29, 1.82) is 0 Å². The van der Waals surface area contributed by atoms with Crippen LogP contribution in [0.1, 0.15) is 5.82 Å². The highest BCUT2D eigenvalue weighted by Gasteiger charge is 2.11. The molecule has 1 aromatic carbocycles. The Hall–Kier alpha value is -2.56. The van der Waals surface area contributed by atoms with Gasteiger partial charge < -0.3 is 13.7 Å². The van der Waals surface area contributed by atoms with Gasteiger partial charge in [0.25, 0.3) is 5.89 Å². The summed E-state index contributed by atoms with van der Waals surface area (Å²) in [5.41, 5.74) is 0. The van der Waals surface area contributed by atoms with Crippen LogP contribution in [0, 0.1) is 0 Å². The van der Waals surface area contributed by atoms with Crippen LogP contribution >= 0.6 is 0 Å². The second-order valence-corrected chi connectivity index (χ2v) is 3.59. The lowest BCUT2D eigenvalue weighted by Crippen LogP contribution is -1.97. The third-order valence-corrected chi connectivity index (χ3v) is 2.31. The Balaban J connectivity index is 1.68. The molecule has 0 radical (unpaired) electrons. The van der Waals surface area contributed by atoms with E-state index < -0.39 is 0 Å². The first-order valence-corrected chi connectivity index (χ1v) is 5.46. The molecule has 0 aliphatic rings. The minimum absolute atomic E-state index is 0.258. The Kier molecular flexibility index (Phi) is 2.79. The van der Waals surface area contributed by atoms with Gasteiger partial charge >= 0.3 is 0 Å². The number of para-hydroxylation sites is 1. The fraction of sp³-hybridized carbons (Fsp3) is 0.0769. The standard InChI is InChI=1S/C13H10N2O3/c1-2-5-10(6-3-1)17-9-12-14-13(18-15-12)11-7-4-8-16-11/h1-8H,9H2. The number of nitrogens with zero attached hydrogens (tertiary/aromatic N) is 2. The maximum atomic E-state index is 5.51. The molecule has 0 aliphatic carbocycles. The van der Waals surface area contributed by atoms with Crippen molar-refractivity contribution in [1.82, 2.24) is 10.1 Å². The van der Waals surface area contributed by atoms with Gasteiger partial charge in [0.2, 0.25) is 5.82 Å². The highest BCUT2D eigenvalue weighted by Crippen LogP contribution is 2.17. The smallest absolute Gasteiger partial charge is 0.293 e. The Morgan fingerprint density at radius 3 is 2.72 bits per heavy atom. The van der Waals surface area contributed by atoms with Crippen molar-refractivity contribution < 1.29 is 13.7 Å². The average Bonchev–Trinajstić information content (AvgIpc) is 3.08. The van der Waals surface area contributed by atoms with Gasteiger partial charge in [-0.3, -0.25) is 0 Å². The minimum Gasteiger partial charge on any atom is -0.485 e. The quantitative estimate of drug-likeness (QED) is 0.703. The highest BCUT2D eigenvalue weighted by atomic mass is 16.5. The van der Waals surface area contributed by atoms with Crippen molar-refractivity contribution in [2.45, 2.75) is 6.61 Å². The Morgan fingerprint density at radius 2 is 1.94 bits per heavy atom. The van der Waals surface area contributed by atoms with E-state index in [1.165, 1.54) is 0 Å². The number of ether oxygens (including phenoxy) is 1. The SMILES string of the molecule is c1ccc(OCc2noc(-c3ccco3)n2)cc1. The first-order valence-electron chi connectivity index (χ1n) is 5.46. The molecule has 0 spiro atoms. The van der Waals surface area contributed by atoms with Gasteiger partial charge in [-0.25, -0.2) is 0 Å². The van der Waals surface area contributed by atoms with Gasteiger partial charge in [-0.05, 0) is 24.3 Å². The molecule has 0 N–H and O–H groups in total. The predicted molar refractivity (Wildman–Crippen MR) is 62.8 cm³/mol. The van der Waals surface area contributed by atoms with Crippen LogP contribution in [0.15, 0.2) is 57.7 Å². The lowest BCUT2D eigenvalue weighted by atomic mass is 10.3.